The Morgan fingerprint density at radius 2 is 0.681 bits per heavy atom. The van der Waals surface area contributed by atoms with Crippen molar-refractivity contribution < 1.29 is 0 Å². The molecule has 0 amide bonds. The Hall–Kier alpha value is -7.95. The number of aromatic nitrogens is 1. The third-order valence-corrected chi connectivity index (χ3v) is 25.5. The number of rotatable bonds is 3. The van der Waals surface area contributed by atoms with Crippen LogP contribution in [0.2, 0.25) is 0 Å². The van der Waals surface area contributed by atoms with E-state index in [0.29, 0.717) is 0 Å². The molecule has 3 aliphatic heterocycles. The van der Waals surface area contributed by atoms with Crippen molar-refractivity contribution in [3.05, 3.63) is 259 Å². The van der Waals surface area contributed by atoms with Crippen LogP contribution in [0.1, 0.15) is 22.3 Å². The zero-order valence-electron chi connectivity index (χ0n) is 39.4. The Kier molecular flexibility index (Phi) is 8.04. The van der Waals surface area contributed by atoms with Crippen LogP contribution >= 0.6 is 0 Å². The van der Waals surface area contributed by atoms with Gasteiger partial charge in [-0.2, -0.15) is 0 Å². The van der Waals surface area contributed by atoms with Gasteiger partial charge in [0.15, 0.2) is 0 Å². The summed E-state index contributed by atoms with van der Waals surface area (Å²) in [4.78, 5) is 0. The minimum atomic E-state index is -1.15. The standard InChI is InChI=1S/C69H43Ge2N/c1-6-30-55-42(17-1)43-18-2-7-31-56(43)69(55)57-32-13-28-49-44-19-5-10-38-63(44)72(67(49)57)68-52(29-14-33-58(68)69)64-47-24-11-22-40(45-26-15-36-61-65(45)50-20-3-8-34-59(50)70-61)53(47)39-54-41(23-12-25-48(54)64)46-27-16-37-62-66(46)51-21-4-9-35-60(51)71-62/h1-39H,70-71H2. The van der Waals surface area contributed by atoms with Gasteiger partial charge >= 0.3 is 337 Å². The first kappa shape index (κ1) is 39.7. The van der Waals surface area contributed by atoms with Crippen LogP contribution in [0.3, 0.4) is 0 Å². The van der Waals surface area contributed by atoms with Crippen LogP contribution in [-0.4, -0.2) is 35.4 Å². The second kappa shape index (κ2) is 14.6. The second-order valence-electron chi connectivity index (χ2n) is 20.5. The molecule has 0 radical (unpaired) electrons. The van der Waals surface area contributed by atoms with E-state index >= 15 is 0 Å². The van der Waals surface area contributed by atoms with Gasteiger partial charge < -0.3 is 0 Å². The molecule has 0 bridgehead atoms. The zero-order chi connectivity index (χ0) is 46.8. The van der Waals surface area contributed by atoms with Crippen LogP contribution in [0.4, 0.5) is 0 Å². The number of benzene rings is 12. The van der Waals surface area contributed by atoms with Gasteiger partial charge in [0, 0.05) is 0 Å². The molecule has 1 aliphatic carbocycles. The molecule has 4 heterocycles. The third-order valence-electron chi connectivity index (χ3n) is 17.2. The fourth-order valence-electron chi connectivity index (χ4n) is 14.6. The van der Waals surface area contributed by atoms with Crippen LogP contribution in [-0.2, 0) is 5.41 Å². The maximum atomic E-state index is 2.67. The normalized spacial score (nSPS) is 14.5. The average molecular weight is 1030 g/mol. The molecule has 1 aromatic heterocycles. The molecule has 3 heteroatoms. The van der Waals surface area contributed by atoms with E-state index in [1.807, 2.05) is 0 Å². The Balaban J connectivity index is 1.06. The molecule has 17 rings (SSSR count). The molecule has 0 fully saturated rings. The molecule has 12 aromatic carbocycles. The van der Waals surface area contributed by atoms with E-state index in [-0.39, 0.29) is 0 Å². The molecule has 332 valence electrons. The number of para-hydroxylation sites is 3. The second-order valence-corrected chi connectivity index (χ2v) is 28.4. The summed E-state index contributed by atoms with van der Waals surface area (Å²) in [6, 6.07) is 91.7. The molecule has 0 unspecified atom stereocenters. The molecular formula is C69H43Ge2N. The van der Waals surface area contributed by atoms with Crippen molar-refractivity contribution in [3.63, 3.8) is 0 Å². The molecule has 13 aromatic rings. The van der Waals surface area contributed by atoms with Gasteiger partial charge in [-0.3, -0.25) is 0 Å². The molecular weight excluding hydrogens is 988 g/mol. The quantitative estimate of drug-likeness (QED) is 0.123. The molecule has 1 nitrogen and oxygen atoms in total. The Morgan fingerprint density at radius 3 is 1.32 bits per heavy atom. The summed E-state index contributed by atoms with van der Waals surface area (Å²) in [5, 5.41) is 7.73. The van der Waals surface area contributed by atoms with Crippen LogP contribution in [0.15, 0.2) is 237 Å². The van der Waals surface area contributed by atoms with Crippen LogP contribution in [0, 0.1) is 0 Å². The summed E-state index contributed by atoms with van der Waals surface area (Å²) in [5.74, 6) is 0. The predicted octanol–water partition coefficient (Wildman–Crippen LogP) is 13.0. The first-order valence-corrected chi connectivity index (χ1v) is 31.4. The minimum absolute atomic E-state index is 0.550. The van der Waals surface area contributed by atoms with Gasteiger partial charge in [-0.25, -0.2) is 0 Å². The van der Waals surface area contributed by atoms with Crippen molar-refractivity contribution in [1.82, 2.24) is 4.57 Å². The van der Waals surface area contributed by atoms with Gasteiger partial charge in [0.2, 0.25) is 0 Å². The van der Waals surface area contributed by atoms with Gasteiger partial charge in [0.1, 0.15) is 0 Å². The first-order valence-electron chi connectivity index (χ1n) is 25.5. The molecule has 72 heavy (non-hydrogen) atoms. The fraction of sp³-hybridized carbons (Fsp3) is 0.0145. The summed E-state index contributed by atoms with van der Waals surface area (Å²) in [7, 11) is 0. The summed E-state index contributed by atoms with van der Waals surface area (Å²) >= 11 is -2.31. The summed E-state index contributed by atoms with van der Waals surface area (Å²) in [6.07, 6.45) is 0. The summed E-state index contributed by atoms with van der Waals surface area (Å²) < 4.78 is 9.03. The third kappa shape index (κ3) is 5.00. The maximum absolute atomic E-state index is 2.67. The molecule has 0 N–H and O–H groups in total. The predicted molar refractivity (Wildman–Crippen MR) is 309 cm³/mol. The van der Waals surface area contributed by atoms with Crippen molar-refractivity contribution in [1.29, 1.82) is 0 Å². The van der Waals surface area contributed by atoms with Gasteiger partial charge in [0.25, 0.3) is 0 Å². The van der Waals surface area contributed by atoms with Gasteiger partial charge in [0.05, 0.1) is 0 Å². The van der Waals surface area contributed by atoms with Crippen molar-refractivity contribution in [2.75, 3.05) is 0 Å². The number of nitrogens with zero attached hydrogens (tertiary/aromatic N) is 1. The number of hydrogen-bond donors (Lipinski definition) is 0. The van der Waals surface area contributed by atoms with E-state index in [9.17, 15) is 0 Å². The van der Waals surface area contributed by atoms with Crippen molar-refractivity contribution in [3.8, 4) is 72.4 Å². The molecule has 0 saturated heterocycles. The first-order chi connectivity index (χ1) is 35.8. The van der Waals surface area contributed by atoms with Crippen molar-refractivity contribution in [2.45, 2.75) is 5.41 Å². The van der Waals surface area contributed by atoms with Crippen LogP contribution in [0.25, 0.3) is 116 Å². The van der Waals surface area contributed by atoms with Gasteiger partial charge in [-0.1, -0.05) is 84.9 Å². The van der Waals surface area contributed by atoms with E-state index in [0.717, 1.165) is 0 Å². The van der Waals surface area contributed by atoms with Crippen molar-refractivity contribution >= 4 is 91.8 Å². The topological polar surface area (TPSA) is 4.93 Å². The monoisotopic (exact) mass is 1030 g/mol. The molecule has 1 spiro atoms. The van der Waals surface area contributed by atoms with Gasteiger partial charge in [-0.15, -0.1) is 0 Å². The Morgan fingerprint density at radius 1 is 0.264 bits per heavy atom. The fourth-order valence-corrected chi connectivity index (χ4v) is 22.8. The SMILES string of the molecule is c1ccc2[c](c1)[GeH2][c]1cccc(-c3cccc4c(-c5cccc6c5-n5c7ccccc7c7cccc(c75)C65c6ccccc6-c6ccccc65)c5cccc(-c6ccc[c]7c6-c6cccc[c]6[GeH2]7)c5cc34)c1-2. The summed E-state index contributed by atoms with van der Waals surface area (Å²) in [5.41, 5.74) is 24.9. The molecule has 4 aliphatic rings. The van der Waals surface area contributed by atoms with Crippen LogP contribution < -0.4 is 17.6 Å². The molecule has 0 saturated carbocycles. The van der Waals surface area contributed by atoms with E-state index in [1.165, 1.54) is 138 Å². The molecule has 0 atom stereocenters. The van der Waals surface area contributed by atoms with Gasteiger partial charge in [-0.05, 0) is 11.1 Å². The Labute approximate surface area is 430 Å². The number of fused-ring (bicyclic) bond motifs is 20. The van der Waals surface area contributed by atoms with E-state index in [2.05, 4.69) is 241 Å². The zero-order valence-corrected chi connectivity index (χ0v) is 45.3. The Bertz CT molecular complexity index is 4390. The van der Waals surface area contributed by atoms with Crippen LogP contribution in [0.5, 0.6) is 0 Å². The van der Waals surface area contributed by atoms with Crippen molar-refractivity contribution in [2.24, 2.45) is 0 Å². The van der Waals surface area contributed by atoms with E-state index < -0.39 is 36.3 Å². The number of hydrogen-bond acceptors (Lipinski definition) is 0. The van der Waals surface area contributed by atoms with E-state index in [1.54, 1.807) is 17.6 Å². The summed E-state index contributed by atoms with van der Waals surface area (Å²) in [6.45, 7) is 0. The van der Waals surface area contributed by atoms with E-state index in [4.69, 9.17) is 0 Å². The average Bonchev–Trinajstić information content (AvgIpc) is 4.19.